The third kappa shape index (κ3) is 7.32. The van der Waals surface area contributed by atoms with Crippen LogP contribution >= 0.6 is 0 Å². The maximum Gasteiger partial charge on any atom is 0.330 e. The molecule has 0 saturated heterocycles. The Labute approximate surface area is 246 Å². The number of hydrogen-bond acceptors (Lipinski definition) is 6. The average Bonchev–Trinajstić information content (AvgIpc) is 3.54. The van der Waals surface area contributed by atoms with Crippen molar-refractivity contribution in [2.75, 3.05) is 18.5 Å². The Morgan fingerprint density at radius 2 is 1.74 bits per heavy atom. The van der Waals surface area contributed by atoms with Crippen molar-refractivity contribution in [1.29, 1.82) is 0 Å². The molecule has 3 aromatic carbocycles. The van der Waals surface area contributed by atoms with Gasteiger partial charge in [-0.3, -0.25) is 9.59 Å². The number of hydrazone groups is 1. The number of hydrogen-bond donors (Lipinski definition) is 1. The number of rotatable bonds is 10. The van der Waals surface area contributed by atoms with Crippen molar-refractivity contribution < 1.29 is 23.9 Å². The molecular weight excluding hydrogens is 530 g/mol. The van der Waals surface area contributed by atoms with Crippen molar-refractivity contribution in [3.05, 3.63) is 107 Å². The Hall–Kier alpha value is -4.72. The summed E-state index contributed by atoms with van der Waals surface area (Å²) >= 11 is 0. The third-order valence-corrected chi connectivity index (χ3v) is 7.55. The van der Waals surface area contributed by atoms with Crippen LogP contribution in [0.4, 0.5) is 5.69 Å². The number of esters is 1. The number of ether oxygens (including phenoxy) is 2. The van der Waals surface area contributed by atoms with Crippen LogP contribution in [0.1, 0.15) is 60.8 Å². The standard InChI is InChI=1S/C34H35N3O5/c1-2-41-31(39)21-16-24-14-19-29(20-15-24)35-33(40)32(26-8-6-7-9-26)27-17-12-25(13-18-27)22-37-30(38)23-42-34(36-37)28-10-4-3-5-11-28/h3-5,10-21,26,32H,2,6-9,22-23H2,1H3,(H,35,40)/b21-16+. The van der Waals surface area contributed by atoms with Crippen molar-refractivity contribution in [2.45, 2.75) is 45.1 Å². The van der Waals surface area contributed by atoms with Gasteiger partial charge in [0.15, 0.2) is 6.61 Å². The largest absolute Gasteiger partial charge is 0.466 e. The first kappa shape index (κ1) is 28.8. The van der Waals surface area contributed by atoms with Crippen LogP contribution in [0.25, 0.3) is 6.08 Å². The molecule has 1 heterocycles. The zero-order valence-electron chi connectivity index (χ0n) is 23.7. The van der Waals surface area contributed by atoms with E-state index in [9.17, 15) is 14.4 Å². The molecule has 1 atom stereocenters. The molecule has 0 aromatic heterocycles. The van der Waals surface area contributed by atoms with Gasteiger partial charge in [-0.1, -0.05) is 67.4 Å². The van der Waals surface area contributed by atoms with Crippen LogP contribution in [0.2, 0.25) is 0 Å². The summed E-state index contributed by atoms with van der Waals surface area (Å²) in [4.78, 5) is 37.7. The summed E-state index contributed by atoms with van der Waals surface area (Å²) in [6.45, 7) is 2.35. The molecule has 3 aromatic rings. The van der Waals surface area contributed by atoms with E-state index in [1.54, 1.807) is 13.0 Å². The molecule has 0 bridgehead atoms. The van der Waals surface area contributed by atoms with Crippen LogP contribution in [-0.2, 0) is 30.4 Å². The van der Waals surface area contributed by atoms with E-state index >= 15 is 0 Å². The quantitative estimate of drug-likeness (QED) is 0.244. The molecule has 0 radical (unpaired) electrons. The van der Waals surface area contributed by atoms with Crippen LogP contribution < -0.4 is 5.32 Å². The van der Waals surface area contributed by atoms with Gasteiger partial charge in [-0.15, -0.1) is 5.10 Å². The number of carbonyl (C=O) groups excluding carboxylic acids is 3. The smallest absolute Gasteiger partial charge is 0.330 e. The molecule has 1 saturated carbocycles. The van der Waals surface area contributed by atoms with E-state index in [1.807, 2.05) is 78.9 Å². The van der Waals surface area contributed by atoms with E-state index in [0.717, 1.165) is 47.9 Å². The molecule has 1 aliphatic heterocycles. The van der Waals surface area contributed by atoms with Gasteiger partial charge < -0.3 is 14.8 Å². The molecule has 1 aliphatic carbocycles. The fourth-order valence-electron chi connectivity index (χ4n) is 5.43. The highest BCUT2D eigenvalue weighted by Gasteiger charge is 2.32. The van der Waals surface area contributed by atoms with Gasteiger partial charge in [0.05, 0.1) is 19.1 Å². The molecule has 216 valence electrons. The van der Waals surface area contributed by atoms with Gasteiger partial charge in [-0.05, 0) is 72.7 Å². The maximum atomic E-state index is 13.6. The molecule has 2 aliphatic rings. The summed E-state index contributed by atoms with van der Waals surface area (Å²) in [5, 5.41) is 8.98. The van der Waals surface area contributed by atoms with Crippen molar-refractivity contribution in [1.82, 2.24) is 5.01 Å². The average molecular weight is 566 g/mol. The summed E-state index contributed by atoms with van der Waals surface area (Å²) in [5.74, 6) is -0.220. The zero-order chi connectivity index (χ0) is 29.3. The predicted octanol–water partition coefficient (Wildman–Crippen LogP) is 5.90. The van der Waals surface area contributed by atoms with E-state index in [4.69, 9.17) is 9.47 Å². The molecule has 1 N–H and O–H groups in total. The summed E-state index contributed by atoms with van der Waals surface area (Å²) in [6, 6.07) is 24.8. The van der Waals surface area contributed by atoms with Crippen molar-refractivity contribution in [3.63, 3.8) is 0 Å². The van der Waals surface area contributed by atoms with Crippen LogP contribution in [0.5, 0.6) is 0 Å². The molecule has 8 heteroatoms. The van der Waals surface area contributed by atoms with E-state index in [0.29, 0.717) is 24.7 Å². The SMILES string of the molecule is CCOC(=O)/C=C/c1ccc(NC(=O)C(c2ccc(CN3N=C(c4ccccc4)OCC3=O)cc2)C2CCCC2)cc1. The Morgan fingerprint density at radius 1 is 1.02 bits per heavy atom. The topological polar surface area (TPSA) is 97.3 Å². The summed E-state index contributed by atoms with van der Waals surface area (Å²) in [6.07, 6.45) is 7.34. The Morgan fingerprint density at radius 3 is 2.43 bits per heavy atom. The molecule has 1 fully saturated rings. The van der Waals surface area contributed by atoms with E-state index in [2.05, 4.69) is 10.4 Å². The number of carbonyl (C=O) groups is 3. The van der Waals surface area contributed by atoms with Crippen LogP contribution in [-0.4, -0.2) is 41.9 Å². The fourth-order valence-corrected chi connectivity index (χ4v) is 5.43. The molecule has 5 rings (SSSR count). The molecule has 42 heavy (non-hydrogen) atoms. The minimum Gasteiger partial charge on any atom is -0.466 e. The second kappa shape index (κ2) is 13.8. The van der Waals surface area contributed by atoms with E-state index < -0.39 is 0 Å². The van der Waals surface area contributed by atoms with Crippen molar-refractivity contribution in [2.24, 2.45) is 11.0 Å². The molecule has 1 unspecified atom stereocenters. The molecule has 0 spiro atoms. The minimum atomic E-state index is -0.387. The van der Waals surface area contributed by atoms with Gasteiger partial charge in [0.25, 0.3) is 5.91 Å². The lowest BCUT2D eigenvalue weighted by atomic mass is 9.83. The summed E-state index contributed by atoms with van der Waals surface area (Å²) < 4.78 is 10.5. The van der Waals surface area contributed by atoms with Gasteiger partial charge in [-0.25, -0.2) is 9.80 Å². The second-order valence-corrected chi connectivity index (χ2v) is 10.5. The highest BCUT2D eigenvalue weighted by Crippen LogP contribution is 2.38. The van der Waals surface area contributed by atoms with E-state index in [1.165, 1.54) is 11.1 Å². The minimum absolute atomic E-state index is 0.0371. The van der Waals surface area contributed by atoms with Gasteiger partial charge in [0, 0.05) is 17.3 Å². The Bertz CT molecular complexity index is 1440. The van der Waals surface area contributed by atoms with Crippen LogP contribution in [0.3, 0.4) is 0 Å². The number of nitrogens with zero attached hydrogens (tertiary/aromatic N) is 2. The predicted molar refractivity (Wildman–Crippen MR) is 161 cm³/mol. The first-order chi connectivity index (χ1) is 20.5. The highest BCUT2D eigenvalue weighted by molar-refractivity contribution is 5.98. The monoisotopic (exact) mass is 565 g/mol. The van der Waals surface area contributed by atoms with Crippen molar-refractivity contribution in [3.8, 4) is 0 Å². The lowest BCUT2D eigenvalue weighted by Gasteiger charge is -2.25. The third-order valence-electron chi connectivity index (χ3n) is 7.55. The second-order valence-electron chi connectivity index (χ2n) is 10.5. The van der Waals surface area contributed by atoms with Crippen molar-refractivity contribution >= 4 is 35.4 Å². The van der Waals surface area contributed by atoms with Gasteiger partial charge in [0.2, 0.25) is 11.8 Å². The van der Waals surface area contributed by atoms with Crippen LogP contribution in [0, 0.1) is 5.92 Å². The molecule has 2 amide bonds. The fraction of sp³-hybridized carbons (Fsp3) is 0.294. The van der Waals surface area contributed by atoms with Gasteiger partial charge >= 0.3 is 5.97 Å². The molecular formula is C34H35N3O5. The lowest BCUT2D eigenvalue weighted by molar-refractivity contribution is -0.137. The normalized spacial score (nSPS) is 16.2. The Balaban J connectivity index is 1.27. The number of benzene rings is 3. The van der Waals surface area contributed by atoms with Gasteiger partial charge in [0.1, 0.15) is 0 Å². The Kier molecular flexibility index (Phi) is 9.44. The molecule has 8 nitrogen and oxygen atoms in total. The number of anilines is 1. The first-order valence-electron chi connectivity index (χ1n) is 14.4. The number of amides is 2. The van der Waals surface area contributed by atoms with Crippen LogP contribution in [0.15, 0.2) is 90.0 Å². The summed E-state index contributed by atoms with van der Waals surface area (Å²) in [5.41, 5.74) is 4.23. The van der Waals surface area contributed by atoms with Gasteiger partial charge in [-0.2, -0.15) is 0 Å². The highest BCUT2D eigenvalue weighted by atomic mass is 16.5. The zero-order valence-corrected chi connectivity index (χ0v) is 23.7. The number of nitrogens with one attached hydrogen (secondary N) is 1. The van der Waals surface area contributed by atoms with E-state index in [-0.39, 0.29) is 36.2 Å². The first-order valence-corrected chi connectivity index (χ1v) is 14.4. The lowest BCUT2D eigenvalue weighted by Crippen LogP contribution is -2.36. The summed E-state index contributed by atoms with van der Waals surface area (Å²) in [7, 11) is 0. The maximum absolute atomic E-state index is 13.6.